The summed E-state index contributed by atoms with van der Waals surface area (Å²) in [6.45, 7) is 0.907. The van der Waals surface area contributed by atoms with Gasteiger partial charge in [0.2, 0.25) is 0 Å². The third-order valence-corrected chi connectivity index (χ3v) is 4.91. The summed E-state index contributed by atoms with van der Waals surface area (Å²) in [5.74, 6) is 0. The van der Waals surface area contributed by atoms with E-state index in [1.54, 1.807) is 0 Å². The average molecular weight is 299 g/mol. The summed E-state index contributed by atoms with van der Waals surface area (Å²) >= 11 is 7.25. The van der Waals surface area contributed by atoms with E-state index in [1.807, 2.05) is 0 Å². The highest BCUT2D eigenvalue weighted by atomic mass is 79.9. The molecular weight excluding hydrogens is 286 g/mol. The molecule has 0 aromatic carbocycles. The number of hydrogen-bond acceptors (Lipinski definition) is 3. The molecule has 0 spiro atoms. The van der Waals surface area contributed by atoms with Crippen molar-refractivity contribution in [2.75, 3.05) is 6.67 Å². The zero-order valence-electron chi connectivity index (χ0n) is 6.63. The molecule has 12 heavy (non-hydrogen) atoms. The number of hydrogen-bond donors (Lipinski definition) is 3. The van der Waals surface area contributed by atoms with Crippen molar-refractivity contribution in [2.24, 2.45) is 5.73 Å². The summed E-state index contributed by atoms with van der Waals surface area (Å²) in [5, 5.41) is 6.81. The lowest BCUT2D eigenvalue weighted by molar-refractivity contribution is 0.364. The van der Waals surface area contributed by atoms with Gasteiger partial charge < -0.3 is 11.1 Å². The zero-order chi connectivity index (χ0) is 8.72. The summed E-state index contributed by atoms with van der Waals surface area (Å²) in [7, 11) is 0. The largest absolute Gasteiger partial charge is 0.326 e. The molecule has 1 saturated heterocycles. The Morgan fingerprint density at radius 1 is 1.25 bits per heavy atom. The number of rotatable bonds is 0. The van der Waals surface area contributed by atoms with Gasteiger partial charge in [-0.25, -0.2) is 0 Å². The van der Waals surface area contributed by atoms with Crippen LogP contribution in [0.25, 0.3) is 0 Å². The molecule has 3 nitrogen and oxygen atoms in total. The Morgan fingerprint density at radius 3 is 2.75 bits per heavy atom. The van der Waals surface area contributed by atoms with Crippen LogP contribution in [-0.2, 0) is 0 Å². The highest BCUT2D eigenvalue weighted by Crippen LogP contribution is 2.30. The first-order valence-corrected chi connectivity index (χ1v) is 6.04. The molecule has 5 heteroatoms. The Kier molecular flexibility index (Phi) is 2.77. The topological polar surface area (TPSA) is 50.1 Å². The maximum atomic E-state index is 6.02. The van der Waals surface area contributed by atoms with Gasteiger partial charge in [-0.2, -0.15) is 0 Å². The molecule has 1 aliphatic carbocycles. The van der Waals surface area contributed by atoms with Crippen molar-refractivity contribution in [3.63, 3.8) is 0 Å². The summed E-state index contributed by atoms with van der Waals surface area (Å²) < 4.78 is 0. The van der Waals surface area contributed by atoms with Gasteiger partial charge in [-0.3, -0.25) is 5.32 Å². The number of alkyl halides is 2. The number of nitrogens with two attached hydrogens (primary N) is 1. The molecule has 0 radical (unpaired) electrons. The molecule has 1 aliphatic heterocycles. The normalized spacial score (nSPS) is 53.8. The van der Waals surface area contributed by atoms with Gasteiger partial charge in [0.25, 0.3) is 0 Å². The van der Waals surface area contributed by atoms with Crippen molar-refractivity contribution < 1.29 is 0 Å². The second-order valence-electron chi connectivity index (χ2n) is 3.49. The molecule has 0 aromatic rings. The van der Waals surface area contributed by atoms with Gasteiger partial charge in [-0.15, -0.1) is 0 Å². The molecule has 2 rings (SSSR count). The second kappa shape index (κ2) is 3.53. The second-order valence-corrected chi connectivity index (χ2v) is 5.72. The van der Waals surface area contributed by atoms with Crippen molar-refractivity contribution >= 4 is 31.9 Å². The minimum atomic E-state index is 0.207. The minimum Gasteiger partial charge on any atom is -0.326 e. The van der Waals surface area contributed by atoms with E-state index in [9.17, 15) is 0 Å². The third-order valence-electron chi connectivity index (χ3n) is 2.74. The quantitative estimate of drug-likeness (QED) is 0.557. The zero-order valence-corrected chi connectivity index (χ0v) is 9.81. The van der Waals surface area contributed by atoms with Gasteiger partial charge in [0.1, 0.15) is 0 Å². The molecule has 0 aromatic heterocycles. The van der Waals surface area contributed by atoms with E-state index in [2.05, 4.69) is 42.5 Å². The molecule has 70 valence electrons. The molecule has 0 bridgehead atoms. The standard InChI is InChI=1S/C7H13Br2N3/c8-3-1-4-7(12-2-11-4)5(9)6(3)10/h3-7,11-12H,1-2,10H2. The van der Waals surface area contributed by atoms with Crippen LogP contribution in [0, 0.1) is 0 Å². The van der Waals surface area contributed by atoms with Gasteiger partial charge in [0, 0.05) is 34.4 Å². The Labute approximate surface area is 89.1 Å². The van der Waals surface area contributed by atoms with Crippen molar-refractivity contribution in [1.82, 2.24) is 10.6 Å². The lowest BCUT2D eigenvalue weighted by Crippen LogP contribution is -2.58. The van der Waals surface area contributed by atoms with Gasteiger partial charge in [0.05, 0.1) is 0 Å². The Bertz CT molecular complexity index is 178. The van der Waals surface area contributed by atoms with Crippen LogP contribution in [0.1, 0.15) is 6.42 Å². The van der Waals surface area contributed by atoms with Crippen LogP contribution in [-0.4, -0.2) is 34.4 Å². The molecular formula is C7H13Br2N3. The Balaban J connectivity index is 2.10. The van der Waals surface area contributed by atoms with E-state index >= 15 is 0 Å². The number of nitrogens with one attached hydrogen (secondary N) is 2. The summed E-state index contributed by atoms with van der Waals surface area (Å²) in [4.78, 5) is 0.797. The first-order chi connectivity index (χ1) is 5.70. The van der Waals surface area contributed by atoms with Crippen molar-refractivity contribution in [2.45, 2.75) is 34.2 Å². The van der Waals surface area contributed by atoms with Gasteiger partial charge in [-0.05, 0) is 6.42 Å². The number of halogens is 2. The monoisotopic (exact) mass is 297 g/mol. The van der Waals surface area contributed by atoms with Gasteiger partial charge in [0.15, 0.2) is 0 Å². The highest BCUT2D eigenvalue weighted by Gasteiger charge is 2.42. The van der Waals surface area contributed by atoms with Crippen molar-refractivity contribution in [3.8, 4) is 0 Å². The smallest absolute Gasteiger partial charge is 0.0476 e. The predicted molar refractivity (Wildman–Crippen MR) is 56.7 cm³/mol. The summed E-state index contributed by atoms with van der Waals surface area (Å²) in [5.41, 5.74) is 6.02. The molecule has 5 unspecified atom stereocenters. The number of fused-ring (bicyclic) bond motifs is 1. The molecule has 2 fully saturated rings. The molecule has 1 heterocycles. The summed E-state index contributed by atoms with van der Waals surface area (Å²) in [6.07, 6.45) is 1.11. The highest BCUT2D eigenvalue weighted by molar-refractivity contribution is 9.10. The van der Waals surface area contributed by atoms with E-state index in [0.717, 1.165) is 13.1 Å². The predicted octanol–water partition coefficient (Wildman–Crippen LogP) is 0.132. The van der Waals surface area contributed by atoms with Crippen LogP contribution in [0.4, 0.5) is 0 Å². The molecule has 5 atom stereocenters. The van der Waals surface area contributed by atoms with Crippen molar-refractivity contribution in [1.29, 1.82) is 0 Å². The summed E-state index contributed by atoms with van der Waals surface area (Å²) in [6, 6.07) is 1.27. The first-order valence-electron chi connectivity index (χ1n) is 4.20. The lowest BCUT2D eigenvalue weighted by atomic mass is 9.88. The van der Waals surface area contributed by atoms with Crippen LogP contribution in [0.15, 0.2) is 0 Å². The fourth-order valence-corrected chi connectivity index (χ4v) is 4.05. The van der Waals surface area contributed by atoms with Crippen molar-refractivity contribution in [3.05, 3.63) is 0 Å². The van der Waals surface area contributed by atoms with E-state index in [0.29, 0.717) is 21.7 Å². The minimum absolute atomic E-state index is 0.207. The molecule has 2 aliphatic rings. The maximum absolute atomic E-state index is 6.02. The van der Waals surface area contributed by atoms with Crippen LogP contribution in [0.5, 0.6) is 0 Å². The third kappa shape index (κ3) is 1.46. The van der Waals surface area contributed by atoms with Crippen LogP contribution in [0.3, 0.4) is 0 Å². The van der Waals surface area contributed by atoms with Gasteiger partial charge in [-0.1, -0.05) is 31.9 Å². The van der Waals surface area contributed by atoms with E-state index in [-0.39, 0.29) is 6.04 Å². The van der Waals surface area contributed by atoms with Crippen LogP contribution < -0.4 is 16.4 Å². The van der Waals surface area contributed by atoms with Crippen LogP contribution >= 0.6 is 31.9 Å². The van der Waals surface area contributed by atoms with E-state index in [4.69, 9.17) is 5.73 Å². The average Bonchev–Trinajstić information content (AvgIpc) is 2.48. The van der Waals surface area contributed by atoms with Crippen LogP contribution in [0.2, 0.25) is 0 Å². The fraction of sp³-hybridized carbons (Fsp3) is 1.00. The SMILES string of the molecule is NC1C(Br)CC2NCNC2C1Br. The first kappa shape index (κ1) is 9.40. The van der Waals surface area contributed by atoms with Gasteiger partial charge >= 0.3 is 0 Å². The Morgan fingerprint density at radius 2 is 2.00 bits per heavy atom. The molecule has 0 amide bonds. The Hall–Kier alpha value is 0.840. The molecule has 4 N–H and O–H groups in total. The lowest BCUT2D eigenvalue weighted by Gasteiger charge is -2.37. The fourth-order valence-electron chi connectivity index (χ4n) is 1.98. The molecule has 1 saturated carbocycles. The van der Waals surface area contributed by atoms with E-state index in [1.165, 1.54) is 0 Å². The van der Waals surface area contributed by atoms with E-state index < -0.39 is 0 Å². The maximum Gasteiger partial charge on any atom is 0.0476 e.